The van der Waals surface area contributed by atoms with Crippen LogP contribution in [-0.4, -0.2) is 44.0 Å². The number of carbonyl (C=O) groups excluding carboxylic acids is 2. The van der Waals surface area contributed by atoms with Crippen molar-refractivity contribution in [2.24, 2.45) is 11.7 Å². The average Bonchev–Trinajstić information content (AvgIpc) is 3.02. The van der Waals surface area contributed by atoms with Crippen LogP contribution in [0.1, 0.15) is 18.4 Å². The maximum atomic E-state index is 12.2. The summed E-state index contributed by atoms with van der Waals surface area (Å²) < 4.78 is 10.4. The van der Waals surface area contributed by atoms with Gasteiger partial charge in [0.25, 0.3) is 0 Å². The summed E-state index contributed by atoms with van der Waals surface area (Å²) in [6.45, 7) is 1.05. The van der Waals surface area contributed by atoms with Gasteiger partial charge in [0.1, 0.15) is 0 Å². The number of primary amides is 1. The summed E-state index contributed by atoms with van der Waals surface area (Å²) in [5.41, 5.74) is 6.29. The van der Waals surface area contributed by atoms with E-state index < -0.39 is 0 Å². The lowest BCUT2D eigenvalue weighted by molar-refractivity contribution is -0.130. The van der Waals surface area contributed by atoms with Gasteiger partial charge >= 0.3 is 0 Å². The highest BCUT2D eigenvalue weighted by molar-refractivity contribution is 5.81. The highest BCUT2D eigenvalue weighted by Crippen LogP contribution is 2.28. The number of carbonyl (C=O) groups is 2. The molecule has 2 rings (SSSR count). The minimum atomic E-state index is -0.324. The number of likely N-dealkylation sites (tertiary alicyclic amines) is 1. The Morgan fingerprint density at radius 3 is 2.59 bits per heavy atom. The molecule has 6 heteroatoms. The highest BCUT2D eigenvalue weighted by atomic mass is 16.5. The van der Waals surface area contributed by atoms with Crippen LogP contribution in [0.5, 0.6) is 11.5 Å². The molecule has 0 radical (unpaired) electrons. The van der Waals surface area contributed by atoms with E-state index in [1.54, 1.807) is 19.1 Å². The van der Waals surface area contributed by atoms with Gasteiger partial charge in [0.15, 0.2) is 11.5 Å². The van der Waals surface area contributed by atoms with Gasteiger partial charge < -0.3 is 20.1 Å². The number of benzene rings is 1. The topological polar surface area (TPSA) is 81.9 Å². The molecule has 1 aliphatic rings. The maximum Gasteiger partial charge on any atom is 0.222 e. The molecule has 0 bridgehead atoms. The maximum absolute atomic E-state index is 12.2. The van der Waals surface area contributed by atoms with Crippen molar-refractivity contribution in [2.45, 2.75) is 19.3 Å². The largest absolute Gasteiger partial charge is 0.493 e. The van der Waals surface area contributed by atoms with Crippen LogP contribution in [0.15, 0.2) is 18.2 Å². The van der Waals surface area contributed by atoms with E-state index in [0.29, 0.717) is 43.9 Å². The molecule has 1 aliphatic heterocycles. The number of rotatable bonds is 6. The first kappa shape index (κ1) is 16.1. The number of aryl methyl sites for hydroxylation is 1. The van der Waals surface area contributed by atoms with Gasteiger partial charge in [0.2, 0.25) is 11.8 Å². The van der Waals surface area contributed by atoms with E-state index in [4.69, 9.17) is 15.2 Å². The van der Waals surface area contributed by atoms with Crippen LogP contribution in [0.25, 0.3) is 0 Å². The number of nitrogens with zero attached hydrogens (tertiary/aromatic N) is 1. The van der Waals surface area contributed by atoms with Crippen molar-refractivity contribution in [2.75, 3.05) is 27.3 Å². The van der Waals surface area contributed by atoms with E-state index >= 15 is 0 Å². The molecule has 1 fully saturated rings. The number of hydrogen-bond donors (Lipinski definition) is 1. The van der Waals surface area contributed by atoms with Crippen molar-refractivity contribution in [1.29, 1.82) is 0 Å². The first-order chi connectivity index (χ1) is 10.5. The lowest BCUT2D eigenvalue weighted by Crippen LogP contribution is -2.31. The van der Waals surface area contributed by atoms with Gasteiger partial charge in [-0.15, -0.1) is 0 Å². The van der Waals surface area contributed by atoms with Gasteiger partial charge in [-0.25, -0.2) is 0 Å². The Balaban J connectivity index is 1.90. The van der Waals surface area contributed by atoms with E-state index in [-0.39, 0.29) is 17.7 Å². The zero-order valence-electron chi connectivity index (χ0n) is 13.0. The third-order valence-electron chi connectivity index (χ3n) is 4.02. The Morgan fingerprint density at radius 1 is 1.27 bits per heavy atom. The van der Waals surface area contributed by atoms with Crippen molar-refractivity contribution in [1.82, 2.24) is 4.90 Å². The number of amides is 2. The summed E-state index contributed by atoms with van der Waals surface area (Å²) in [6.07, 6.45) is 1.69. The summed E-state index contributed by atoms with van der Waals surface area (Å²) in [6, 6.07) is 5.63. The van der Waals surface area contributed by atoms with Crippen molar-refractivity contribution >= 4 is 11.8 Å². The minimum Gasteiger partial charge on any atom is -0.493 e. The van der Waals surface area contributed by atoms with Crippen LogP contribution in [-0.2, 0) is 16.0 Å². The quantitative estimate of drug-likeness (QED) is 0.849. The number of ether oxygens (including phenoxy) is 2. The predicted octanol–water partition coefficient (Wildman–Crippen LogP) is 0.970. The van der Waals surface area contributed by atoms with E-state index in [1.807, 2.05) is 18.2 Å². The molecule has 2 amide bonds. The molecule has 6 nitrogen and oxygen atoms in total. The normalized spacial score (nSPS) is 17.4. The van der Waals surface area contributed by atoms with E-state index in [0.717, 1.165) is 5.56 Å². The van der Waals surface area contributed by atoms with Gasteiger partial charge in [-0.1, -0.05) is 6.07 Å². The zero-order valence-corrected chi connectivity index (χ0v) is 13.0. The van der Waals surface area contributed by atoms with Crippen molar-refractivity contribution in [3.05, 3.63) is 23.8 Å². The molecule has 120 valence electrons. The van der Waals surface area contributed by atoms with Crippen LogP contribution in [0.2, 0.25) is 0 Å². The van der Waals surface area contributed by atoms with Crippen LogP contribution in [0, 0.1) is 5.92 Å². The first-order valence-corrected chi connectivity index (χ1v) is 7.33. The fourth-order valence-corrected chi connectivity index (χ4v) is 2.66. The van der Waals surface area contributed by atoms with Crippen LogP contribution >= 0.6 is 0 Å². The monoisotopic (exact) mass is 306 g/mol. The van der Waals surface area contributed by atoms with Crippen molar-refractivity contribution in [3.8, 4) is 11.5 Å². The Bertz CT molecular complexity index is 559. The summed E-state index contributed by atoms with van der Waals surface area (Å²) in [4.78, 5) is 25.0. The van der Waals surface area contributed by atoms with Crippen molar-refractivity contribution in [3.63, 3.8) is 0 Å². The van der Waals surface area contributed by atoms with E-state index in [2.05, 4.69) is 0 Å². The Hall–Kier alpha value is -2.24. The second-order valence-electron chi connectivity index (χ2n) is 5.42. The minimum absolute atomic E-state index is 0.0542. The molecular formula is C16H22N2O4. The van der Waals surface area contributed by atoms with Crippen LogP contribution in [0.3, 0.4) is 0 Å². The summed E-state index contributed by atoms with van der Waals surface area (Å²) in [5, 5.41) is 0. The third kappa shape index (κ3) is 3.69. The lowest BCUT2D eigenvalue weighted by atomic mass is 10.1. The average molecular weight is 306 g/mol. The highest BCUT2D eigenvalue weighted by Gasteiger charge is 2.29. The lowest BCUT2D eigenvalue weighted by Gasteiger charge is -2.16. The molecule has 0 aromatic heterocycles. The standard InChI is InChI=1S/C16H22N2O4/c1-21-13-5-3-11(9-14(13)22-2)4-6-15(19)18-8-7-12(10-18)16(17)20/h3,5,9,12H,4,6-8,10H2,1-2H3,(H2,17,20)/t12-/m0/s1. The molecule has 1 aromatic carbocycles. The molecule has 22 heavy (non-hydrogen) atoms. The number of methoxy groups -OCH3 is 2. The van der Waals surface area contributed by atoms with Gasteiger partial charge in [0.05, 0.1) is 20.1 Å². The fourth-order valence-electron chi connectivity index (χ4n) is 2.66. The molecule has 0 saturated carbocycles. The molecule has 0 spiro atoms. The second kappa shape index (κ2) is 7.15. The van der Waals surface area contributed by atoms with E-state index in [9.17, 15) is 9.59 Å². The van der Waals surface area contributed by atoms with Gasteiger partial charge in [-0.3, -0.25) is 9.59 Å². The molecule has 0 unspecified atom stereocenters. The van der Waals surface area contributed by atoms with Crippen LogP contribution in [0.4, 0.5) is 0 Å². The Morgan fingerprint density at radius 2 is 2.00 bits per heavy atom. The smallest absolute Gasteiger partial charge is 0.222 e. The molecule has 2 N–H and O–H groups in total. The third-order valence-corrected chi connectivity index (χ3v) is 4.02. The summed E-state index contributed by atoms with van der Waals surface area (Å²) >= 11 is 0. The van der Waals surface area contributed by atoms with Gasteiger partial charge in [-0.2, -0.15) is 0 Å². The molecule has 1 saturated heterocycles. The van der Waals surface area contributed by atoms with Gasteiger partial charge in [0, 0.05) is 19.5 Å². The summed E-state index contributed by atoms with van der Waals surface area (Å²) in [7, 11) is 3.17. The molecule has 1 aromatic rings. The van der Waals surface area contributed by atoms with E-state index in [1.165, 1.54) is 0 Å². The molecule has 1 atom stereocenters. The fraction of sp³-hybridized carbons (Fsp3) is 0.500. The van der Waals surface area contributed by atoms with Gasteiger partial charge in [-0.05, 0) is 30.5 Å². The SMILES string of the molecule is COc1ccc(CCC(=O)N2CC[C@H](C(N)=O)C2)cc1OC. The predicted molar refractivity (Wildman–Crippen MR) is 81.7 cm³/mol. The first-order valence-electron chi connectivity index (χ1n) is 7.33. The summed E-state index contributed by atoms with van der Waals surface area (Å²) in [5.74, 6) is 0.850. The van der Waals surface area contributed by atoms with Crippen LogP contribution < -0.4 is 15.2 Å². The van der Waals surface area contributed by atoms with Crippen molar-refractivity contribution < 1.29 is 19.1 Å². The number of nitrogens with two attached hydrogens (primary N) is 1. The zero-order chi connectivity index (χ0) is 16.1. The second-order valence-corrected chi connectivity index (χ2v) is 5.42. The molecule has 0 aliphatic carbocycles. The number of hydrogen-bond acceptors (Lipinski definition) is 4. The Kier molecular flexibility index (Phi) is 5.25. The molecule has 1 heterocycles. The molecular weight excluding hydrogens is 284 g/mol. The Labute approximate surface area is 130 Å².